The van der Waals surface area contributed by atoms with Gasteiger partial charge >= 0.3 is 0 Å². The van der Waals surface area contributed by atoms with Crippen LogP contribution in [0.4, 0.5) is 0 Å². The molecule has 2 heteroatoms. The topological polar surface area (TPSA) is 20.3 Å². The predicted octanol–water partition coefficient (Wildman–Crippen LogP) is 2.83. The molecule has 0 aliphatic carbocycles. The average Bonchev–Trinajstić information content (AvgIpc) is 2.20. The second-order valence-electron chi connectivity index (χ2n) is 4.31. The molecule has 0 radical (unpaired) electrons. The van der Waals surface area contributed by atoms with Gasteiger partial charge < -0.3 is 4.90 Å². The van der Waals surface area contributed by atoms with Crippen LogP contribution < -0.4 is 0 Å². The number of unbranched alkanes of at least 4 members (excludes halogenated alkanes) is 1. The Morgan fingerprint density at radius 2 is 2.14 bits per heavy atom. The third kappa shape index (κ3) is 3.00. The van der Waals surface area contributed by atoms with Crippen molar-refractivity contribution in [2.45, 2.75) is 52.4 Å². The third-order valence-corrected chi connectivity index (χ3v) is 3.04. The quantitative estimate of drug-likeness (QED) is 0.663. The number of hydrogen-bond acceptors (Lipinski definition) is 1. The highest BCUT2D eigenvalue weighted by atomic mass is 16.2. The molecule has 1 unspecified atom stereocenters. The summed E-state index contributed by atoms with van der Waals surface area (Å²) in [6.07, 6.45) is 6.94. The van der Waals surface area contributed by atoms with Crippen LogP contribution in [0.15, 0.2) is 0 Å². The van der Waals surface area contributed by atoms with E-state index >= 15 is 0 Å². The van der Waals surface area contributed by atoms with E-state index in [4.69, 9.17) is 0 Å². The zero-order valence-corrected chi connectivity index (χ0v) is 9.59. The SMILES string of the molecule is CCCCC1CCCN(CCC)C1=O. The fraction of sp³-hybridized carbons (Fsp3) is 0.917. The minimum absolute atomic E-state index is 0.343. The molecule has 1 heterocycles. The molecule has 1 aliphatic rings. The van der Waals surface area contributed by atoms with Crippen molar-refractivity contribution in [3.8, 4) is 0 Å². The Morgan fingerprint density at radius 1 is 1.36 bits per heavy atom. The summed E-state index contributed by atoms with van der Waals surface area (Å²) in [5, 5.41) is 0. The smallest absolute Gasteiger partial charge is 0.225 e. The van der Waals surface area contributed by atoms with Crippen molar-refractivity contribution in [3.05, 3.63) is 0 Å². The molecule has 0 N–H and O–H groups in total. The predicted molar refractivity (Wildman–Crippen MR) is 59.1 cm³/mol. The fourth-order valence-corrected chi connectivity index (χ4v) is 2.23. The Morgan fingerprint density at radius 3 is 2.79 bits per heavy atom. The van der Waals surface area contributed by atoms with Gasteiger partial charge in [0.05, 0.1) is 0 Å². The lowest BCUT2D eigenvalue weighted by Crippen LogP contribution is -2.41. The standard InChI is InChI=1S/C12H23NO/c1-3-5-7-11-8-6-10-13(9-4-2)12(11)14/h11H,3-10H2,1-2H3. The summed E-state index contributed by atoms with van der Waals surface area (Å²) in [6.45, 7) is 6.29. The van der Waals surface area contributed by atoms with Crippen molar-refractivity contribution in [2.24, 2.45) is 5.92 Å². The maximum Gasteiger partial charge on any atom is 0.225 e. The molecule has 0 aromatic heterocycles. The Bertz CT molecular complexity index is 177. The maximum atomic E-state index is 11.9. The first-order valence-corrected chi connectivity index (χ1v) is 6.08. The Balaban J connectivity index is 2.40. The van der Waals surface area contributed by atoms with Gasteiger partial charge in [-0.15, -0.1) is 0 Å². The normalized spacial score (nSPS) is 22.9. The van der Waals surface area contributed by atoms with Gasteiger partial charge in [-0.25, -0.2) is 0 Å². The highest BCUT2D eigenvalue weighted by molar-refractivity contribution is 5.79. The fourth-order valence-electron chi connectivity index (χ4n) is 2.23. The number of amides is 1. The number of carbonyl (C=O) groups excluding carboxylic acids is 1. The second kappa shape index (κ2) is 6.05. The molecule has 1 saturated heterocycles. The van der Waals surface area contributed by atoms with Gasteiger partial charge in [-0.3, -0.25) is 4.79 Å². The van der Waals surface area contributed by atoms with E-state index in [9.17, 15) is 4.79 Å². The van der Waals surface area contributed by atoms with Crippen molar-refractivity contribution >= 4 is 5.91 Å². The second-order valence-corrected chi connectivity index (χ2v) is 4.31. The van der Waals surface area contributed by atoms with Gasteiger partial charge in [-0.2, -0.15) is 0 Å². The van der Waals surface area contributed by atoms with Crippen LogP contribution in [0.2, 0.25) is 0 Å². The highest BCUT2D eigenvalue weighted by Crippen LogP contribution is 2.22. The van der Waals surface area contributed by atoms with Crippen molar-refractivity contribution in [2.75, 3.05) is 13.1 Å². The summed E-state index contributed by atoms with van der Waals surface area (Å²) < 4.78 is 0. The zero-order valence-electron chi connectivity index (χ0n) is 9.59. The summed E-state index contributed by atoms with van der Waals surface area (Å²) in [7, 11) is 0. The Kier molecular flexibility index (Phi) is 4.99. The van der Waals surface area contributed by atoms with E-state index in [1.54, 1.807) is 0 Å². The lowest BCUT2D eigenvalue weighted by Gasteiger charge is -2.32. The number of likely N-dealkylation sites (tertiary alicyclic amines) is 1. The number of carbonyl (C=O) groups is 1. The first kappa shape index (κ1) is 11.5. The van der Waals surface area contributed by atoms with Gasteiger partial charge in [-0.05, 0) is 25.7 Å². The van der Waals surface area contributed by atoms with Crippen LogP contribution in [0.25, 0.3) is 0 Å². The number of piperidine rings is 1. The monoisotopic (exact) mass is 197 g/mol. The van der Waals surface area contributed by atoms with Crippen LogP contribution in [-0.2, 0) is 4.79 Å². The van der Waals surface area contributed by atoms with Crippen LogP contribution >= 0.6 is 0 Å². The molecule has 0 saturated carbocycles. The van der Waals surface area contributed by atoms with Crippen molar-refractivity contribution in [3.63, 3.8) is 0 Å². The minimum Gasteiger partial charge on any atom is -0.342 e. The first-order valence-electron chi connectivity index (χ1n) is 6.08. The molecule has 1 aliphatic heterocycles. The van der Waals surface area contributed by atoms with Crippen molar-refractivity contribution in [1.29, 1.82) is 0 Å². The van der Waals surface area contributed by atoms with E-state index in [1.807, 2.05) is 0 Å². The largest absolute Gasteiger partial charge is 0.342 e. The molecule has 2 nitrogen and oxygen atoms in total. The van der Waals surface area contributed by atoms with Gasteiger partial charge in [0.25, 0.3) is 0 Å². The molecule has 0 aromatic carbocycles. The molecule has 1 rings (SSSR count). The molecule has 0 spiro atoms. The molecule has 1 amide bonds. The summed E-state index contributed by atoms with van der Waals surface area (Å²) in [4.78, 5) is 14.0. The molecular formula is C12H23NO. The number of nitrogens with zero attached hydrogens (tertiary/aromatic N) is 1. The summed E-state index contributed by atoms with van der Waals surface area (Å²) in [5.41, 5.74) is 0. The van der Waals surface area contributed by atoms with Gasteiger partial charge in [0, 0.05) is 19.0 Å². The molecule has 1 fully saturated rings. The Labute approximate surface area is 87.7 Å². The molecule has 14 heavy (non-hydrogen) atoms. The summed E-state index contributed by atoms with van der Waals surface area (Å²) >= 11 is 0. The van der Waals surface area contributed by atoms with Gasteiger partial charge in [-0.1, -0.05) is 26.7 Å². The van der Waals surface area contributed by atoms with E-state index in [0.717, 1.165) is 32.4 Å². The van der Waals surface area contributed by atoms with E-state index in [1.165, 1.54) is 19.3 Å². The van der Waals surface area contributed by atoms with Crippen molar-refractivity contribution < 1.29 is 4.79 Å². The highest BCUT2D eigenvalue weighted by Gasteiger charge is 2.27. The van der Waals surface area contributed by atoms with E-state index in [-0.39, 0.29) is 0 Å². The van der Waals surface area contributed by atoms with Crippen molar-refractivity contribution in [1.82, 2.24) is 4.90 Å². The van der Waals surface area contributed by atoms with Gasteiger partial charge in [0.15, 0.2) is 0 Å². The molecular weight excluding hydrogens is 174 g/mol. The zero-order chi connectivity index (χ0) is 10.4. The van der Waals surface area contributed by atoms with Crippen LogP contribution in [0.3, 0.4) is 0 Å². The lowest BCUT2D eigenvalue weighted by molar-refractivity contribution is -0.138. The number of hydrogen-bond donors (Lipinski definition) is 0. The van der Waals surface area contributed by atoms with Crippen LogP contribution in [0.1, 0.15) is 52.4 Å². The van der Waals surface area contributed by atoms with Crippen LogP contribution in [0, 0.1) is 5.92 Å². The average molecular weight is 197 g/mol. The van der Waals surface area contributed by atoms with E-state index in [2.05, 4.69) is 18.7 Å². The molecule has 1 atom stereocenters. The maximum absolute atomic E-state index is 11.9. The van der Waals surface area contributed by atoms with Crippen LogP contribution in [0.5, 0.6) is 0 Å². The lowest BCUT2D eigenvalue weighted by atomic mass is 9.92. The first-order chi connectivity index (χ1) is 6.79. The number of rotatable bonds is 5. The molecule has 0 bridgehead atoms. The van der Waals surface area contributed by atoms with E-state index < -0.39 is 0 Å². The van der Waals surface area contributed by atoms with E-state index in [0.29, 0.717) is 11.8 Å². The van der Waals surface area contributed by atoms with Gasteiger partial charge in [0.2, 0.25) is 5.91 Å². The third-order valence-electron chi connectivity index (χ3n) is 3.04. The van der Waals surface area contributed by atoms with Gasteiger partial charge in [0.1, 0.15) is 0 Å². The minimum atomic E-state index is 0.343. The van der Waals surface area contributed by atoms with Crippen LogP contribution in [-0.4, -0.2) is 23.9 Å². The molecule has 0 aromatic rings. The summed E-state index contributed by atoms with van der Waals surface area (Å²) in [5.74, 6) is 0.766. The summed E-state index contributed by atoms with van der Waals surface area (Å²) in [6, 6.07) is 0. The molecule has 82 valence electrons. The Hall–Kier alpha value is -0.530.